The summed E-state index contributed by atoms with van der Waals surface area (Å²) in [6.07, 6.45) is 0. The van der Waals surface area contributed by atoms with Crippen LogP contribution in [0, 0.1) is 0 Å². The predicted molar refractivity (Wildman–Crippen MR) is 123 cm³/mol. The molecule has 2 amide bonds. The molecule has 0 spiro atoms. The molecule has 3 rings (SSSR count). The van der Waals surface area contributed by atoms with E-state index in [9.17, 15) is 9.59 Å². The molecular weight excluding hydrogens is 430 g/mol. The number of hydrogen-bond acceptors (Lipinski definition) is 5. The number of nitrogens with one attached hydrogen (secondary N) is 2. The number of rotatable bonds is 9. The fourth-order valence-electron chi connectivity index (χ4n) is 3.05. The van der Waals surface area contributed by atoms with Gasteiger partial charge in [0.25, 0.3) is 5.91 Å². The fourth-order valence-corrected chi connectivity index (χ4v) is 3.28. The zero-order valence-corrected chi connectivity index (χ0v) is 18.8. The number of halogens is 1. The number of furan rings is 1. The first-order valence-corrected chi connectivity index (χ1v) is 10.8. The molecule has 0 saturated carbocycles. The second kappa shape index (κ2) is 11.4. The lowest BCUT2D eigenvalue weighted by atomic mass is 10.1. The molecule has 32 heavy (non-hydrogen) atoms. The van der Waals surface area contributed by atoms with Crippen molar-refractivity contribution in [2.24, 2.45) is 0 Å². The quantitative estimate of drug-likeness (QED) is 0.470. The molecule has 8 heteroatoms. The number of hydrazine groups is 1. The number of amides is 2. The average molecular weight is 456 g/mol. The highest BCUT2D eigenvalue weighted by Crippen LogP contribution is 2.30. The minimum absolute atomic E-state index is 0.118. The third kappa shape index (κ3) is 6.35. The topological polar surface area (TPSA) is 83.8 Å². The smallest absolute Gasteiger partial charge is 0.305 e. The van der Waals surface area contributed by atoms with Crippen LogP contribution < -0.4 is 15.6 Å². The molecule has 1 heterocycles. The predicted octanol–water partition coefficient (Wildman–Crippen LogP) is 4.28. The molecule has 168 valence electrons. The van der Waals surface area contributed by atoms with Crippen LogP contribution in [0.1, 0.15) is 30.2 Å². The van der Waals surface area contributed by atoms with Gasteiger partial charge >= 0.3 is 5.91 Å². The molecule has 3 aromatic rings. The molecule has 0 aliphatic rings. The Morgan fingerprint density at radius 1 is 0.969 bits per heavy atom. The van der Waals surface area contributed by atoms with Gasteiger partial charge in [-0.05, 0) is 48.5 Å². The summed E-state index contributed by atoms with van der Waals surface area (Å²) in [4.78, 5) is 26.4. The minimum atomic E-state index is -0.547. The first kappa shape index (κ1) is 23.4. The van der Waals surface area contributed by atoms with Gasteiger partial charge in [-0.2, -0.15) is 0 Å². The molecular formula is C24H26ClN3O4. The lowest BCUT2D eigenvalue weighted by Gasteiger charge is -2.15. The van der Waals surface area contributed by atoms with Crippen molar-refractivity contribution < 1.29 is 18.7 Å². The van der Waals surface area contributed by atoms with E-state index in [0.29, 0.717) is 23.1 Å². The van der Waals surface area contributed by atoms with Crippen LogP contribution in [0.2, 0.25) is 5.02 Å². The van der Waals surface area contributed by atoms with Crippen molar-refractivity contribution in [3.05, 3.63) is 77.2 Å². The standard InChI is InChI=1S/C24H26ClN3O4/c1-3-28(4-2)15-19-11-13-22(32-19)24(30)27-26-23(29)16-31-21-12-10-18(14-20(21)25)17-8-6-5-7-9-17/h5-14H,3-4,15-16H2,1-2H3,(H,26,29)(H,27,30). The lowest BCUT2D eigenvalue weighted by molar-refractivity contribution is -0.123. The molecule has 0 atom stereocenters. The third-order valence-electron chi connectivity index (χ3n) is 4.87. The van der Waals surface area contributed by atoms with E-state index in [1.165, 1.54) is 0 Å². The Labute approximate surface area is 192 Å². The SMILES string of the molecule is CCN(CC)Cc1ccc(C(=O)NNC(=O)COc2ccc(-c3ccccc3)cc2Cl)o1. The Morgan fingerprint density at radius 3 is 2.41 bits per heavy atom. The molecule has 7 nitrogen and oxygen atoms in total. The van der Waals surface area contributed by atoms with Crippen molar-refractivity contribution in [1.29, 1.82) is 0 Å². The first-order chi connectivity index (χ1) is 15.5. The molecule has 0 radical (unpaired) electrons. The zero-order chi connectivity index (χ0) is 22.9. The van der Waals surface area contributed by atoms with Crippen LogP contribution in [0.5, 0.6) is 5.75 Å². The number of benzene rings is 2. The summed E-state index contributed by atoms with van der Waals surface area (Å²) in [6, 6.07) is 18.5. The Bertz CT molecular complexity index is 1050. The van der Waals surface area contributed by atoms with Gasteiger partial charge in [0.1, 0.15) is 11.5 Å². The third-order valence-corrected chi connectivity index (χ3v) is 5.17. The molecule has 0 saturated heterocycles. The second-order valence-corrected chi connectivity index (χ2v) is 7.44. The van der Waals surface area contributed by atoms with Crippen LogP contribution in [0.3, 0.4) is 0 Å². The van der Waals surface area contributed by atoms with E-state index in [-0.39, 0.29) is 12.4 Å². The number of nitrogens with zero attached hydrogens (tertiary/aromatic N) is 1. The van der Waals surface area contributed by atoms with E-state index in [1.54, 1.807) is 24.3 Å². The second-order valence-electron chi connectivity index (χ2n) is 7.03. The molecule has 1 aromatic heterocycles. The maximum absolute atomic E-state index is 12.2. The number of carbonyl (C=O) groups is 2. The van der Waals surface area contributed by atoms with Crippen molar-refractivity contribution in [2.45, 2.75) is 20.4 Å². The normalized spacial score (nSPS) is 10.8. The van der Waals surface area contributed by atoms with Gasteiger partial charge in [-0.25, -0.2) is 0 Å². The summed E-state index contributed by atoms with van der Waals surface area (Å²) < 4.78 is 11.0. The summed E-state index contributed by atoms with van der Waals surface area (Å²) >= 11 is 6.29. The van der Waals surface area contributed by atoms with Gasteiger partial charge in [0.05, 0.1) is 11.6 Å². The van der Waals surface area contributed by atoms with Crippen molar-refractivity contribution in [1.82, 2.24) is 15.8 Å². The maximum Gasteiger partial charge on any atom is 0.305 e. The highest BCUT2D eigenvalue weighted by Gasteiger charge is 2.14. The number of carbonyl (C=O) groups excluding carboxylic acids is 2. The molecule has 2 aromatic carbocycles. The highest BCUT2D eigenvalue weighted by atomic mass is 35.5. The molecule has 0 bridgehead atoms. The monoisotopic (exact) mass is 455 g/mol. The molecule has 0 aliphatic heterocycles. The van der Waals surface area contributed by atoms with Crippen LogP contribution in [0.4, 0.5) is 0 Å². The zero-order valence-electron chi connectivity index (χ0n) is 18.1. The van der Waals surface area contributed by atoms with Crippen molar-refractivity contribution in [2.75, 3.05) is 19.7 Å². The van der Waals surface area contributed by atoms with Gasteiger partial charge in [-0.1, -0.05) is 61.8 Å². The summed E-state index contributed by atoms with van der Waals surface area (Å²) in [7, 11) is 0. The van der Waals surface area contributed by atoms with E-state index < -0.39 is 11.8 Å². The summed E-state index contributed by atoms with van der Waals surface area (Å²) in [5.41, 5.74) is 6.59. The summed E-state index contributed by atoms with van der Waals surface area (Å²) in [5.74, 6) is 0.0980. The van der Waals surface area contributed by atoms with E-state index in [0.717, 1.165) is 24.2 Å². The molecule has 0 fully saturated rings. The van der Waals surface area contributed by atoms with Crippen molar-refractivity contribution in [3.63, 3.8) is 0 Å². The number of hydrogen-bond donors (Lipinski definition) is 2. The van der Waals surface area contributed by atoms with E-state index in [1.807, 2.05) is 36.4 Å². The number of ether oxygens (including phenoxy) is 1. The van der Waals surface area contributed by atoms with E-state index in [2.05, 4.69) is 29.6 Å². The van der Waals surface area contributed by atoms with Crippen LogP contribution in [0.25, 0.3) is 11.1 Å². The summed E-state index contributed by atoms with van der Waals surface area (Å²) in [5, 5.41) is 0.388. The van der Waals surface area contributed by atoms with Gasteiger partial charge < -0.3 is 9.15 Å². The van der Waals surface area contributed by atoms with Gasteiger partial charge in [0.2, 0.25) is 0 Å². The van der Waals surface area contributed by atoms with Crippen LogP contribution in [-0.2, 0) is 11.3 Å². The Hall–Kier alpha value is -3.29. The Kier molecular flexibility index (Phi) is 8.30. The summed E-state index contributed by atoms with van der Waals surface area (Å²) in [6.45, 7) is 6.19. The highest BCUT2D eigenvalue weighted by molar-refractivity contribution is 6.32. The van der Waals surface area contributed by atoms with Crippen LogP contribution in [-0.4, -0.2) is 36.4 Å². The molecule has 2 N–H and O–H groups in total. The lowest BCUT2D eigenvalue weighted by Crippen LogP contribution is -2.43. The minimum Gasteiger partial charge on any atom is -0.482 e. The van der Waals surface area contributed by atoms with Crippen molar-refractivity contribution >= 4 is 23.4 Å². The fraction of sp³-hybridized carbons (Fsp3) is 0.250. The Morgan fingerprint density at radius 2 is 1.72 bits per heavy atom. The van der Waals surface area contributed by atoms with Crippen LogP contribution in [0.15, 0.2) is 65.1 Å². The Balaban J connectivity index is 1.47. The first-order valence-electron chi connectivity index (χ1n) is 10.4. The van der Waals surface area contributed by atoms with Gasteiger partial charge in [0, 0.05) is 0 Å². The van der Waals surface area contributed by atoms with Gasteiger partial charge in [-0.15, -0.1) is 0 Å². The van der Waals surface area contributed by atoms with Crippen LogP contribution >= 0.6 is 11.6 Å². The van der Waals surface area contributed by atoms with Gasteiger partial charge in [0.15, 0.2) is 12.4 Å². The van der Waals surface area contributed by atoms with Crippen molar-refractivity contribution in [3.8, 4) is 16.9 Å². The largest absolute Gasteiger partial charge is 0.482 e. The molecule has 0 unspecified atom stereocenters. The average Bonchev–Trinajstić information content (AvgIpc) is 3.29. The van der Waals surface area contributed by atoms with Gasteiger partial charge in [-0.3, -0.25) is 25.3 Å². The van der Waals surface area contributed by atoms with E-state index in [4.69, 9.17) is 20.8 Å². The molecule has 0 aliphatic carbocycles. The maximum atomic E-state index is 12.2. The van der Waals surface area contributed by atoms with E-state index >= 15 is 0 Å².